The molecule has 0 saturated heterocycles. The predicted molar refractivity (Wildman–Crippen MR) is 87.2 cm³/mol. The molecule has 0 fully saturated rings. The van der Waals surface area contributed by atoms with Gasteiger partial charge >= 0.3 is 11.8 Å². The first-order chi connectivity index (χ1) is 11.6. The van der Waals surface area contributed by atoms with Gasteiger partial charge in [-0.25, -0.2) is 4.39 Å². The summed E-state index contributed by atoms with van der Waals surface area (Å²) in [5.74, 6) is -0.957. The molecule has 1 N–H and O–H groups in total. The summed E-state index contributed by atoms with van der Waals surface area (Å²) < 4.78 is 18.5. The summed E-state index contributed by atoms with van der Waals surface area (Å²) in [7, 11) is 0. The van der Waals surface area contributed by atoms with Gasteiger partial charge in [0, 0.05) is 17.1 Å². The second-order valence-electron chi connectivity index (χ2n) is 5.06. The number of aromatic nitrogens is 2. The van der Waals surface area contributed by atoms with Gasteiger partial charge in [0.1, 0.15) is 5.82 Å². The van der Waals surface area contributed by atoms with E-state index in [0.29, 0.717) is 23.6 Å². The molecule has 5 nitrogen and oxygen atoms in total. The minimum Gasteiger partial charge on any atom is -0.412 e. The van der Waals surface area contributed by atoms with Crippen LogP contribution in [0, 0.1) is 5.82 Å². The largest absolute Gasteiger partial charge is 0.412 e. The standard InChI is InChI=1S/C17H13ClFN3O2/c18-13-6-4-11(5-7-13)8-9-20-15(23)17-22-21-16(24-17)12-2-1-3-14(19)10-12/h1-7,10H,8-9H2,(H,20,23). The van der Waals surface area contributed by atoms with Crippen LogP contribution in [0.5, 0.6) is 0 Å². The molecule has 0 aliphatic carbocycles. The van der Waals surface area contributed by atoms with Crippen molar-refractivity contribution in [2.45, 2.75) is 6.42 Å². The third-order valence-electron chi connectivity index (χ3n) is 3.30. The molecule has 2 aromatic carbocycles. The van der Waals surface area contributed by atoms with Gasteiger partial charge in [-0.3, -0.25) is 4.79 Å². The maximum atomic E-state index is 13.2. The van der Waals surface area contributed by atoms with E-state index >= 15 is 0 Å². The van der Waals surface area contributed by atoms with Crippen molar-refractivity contribution in [3.05, 3.63) is 70.8 Å². The monoisotopic (exact) mass is 345 g/mol. The Morgan fingerprint density at radius 2 is 1.96 bits per heavy atom. The highest BCUT2D eigenvalue weighted by Crippen LogP contribution is 2.18. The molecule has 0 aliphatic rings. The molecule has 0 unspecified atom stereocenters. The highest BCUT2D eigenvalue weighted by molar-refractivity contribution is 6.30. The summed E-state index contributed by atoms with van der Waals surface area (Å²) in [6, 6.07) is 13.1. The second kappa shape index (κ2) is 7.23. The van der Waals surface area contributed by atoms with Gasteiger partial charge in [-0.1, -0.05) is 29.8 Å². The first kappa shape index (κ1) is 16.1. The van der Waals surface area contributed by atoms with Crippen molar-refractivity contribution in [1.29, 1.82) is 0 Å². The number of hydrogen-bond donors (Lipinski definition) is 1. The van der Waals surface area contributed by atoms with Gasteiger partial charge in [0.05, 0.1) is 0 Å². The number of carbonyl (C=O) groups excluding carboxylic acids is 1. The van der Waals surface area contributed by atoms with Crippen LogP contribution in [0.3, 0.4) is 0 Å². The Morgan fingerprint density at radius 1 is 1.17 bits per heavy atom. The summed E-state index contributed by atoms with van der Waals surface area (Å²) in [6.45, 7) is 0.415. The molecule has 1 aromatic heterocycles. The minimum absolute atomic E-state index is 0.0948. The van der Waals surface area contributed by atoms with Crippen LogP contribution in [0.15, 0.2) is 52.9 Å². The van der Waals surface area contributed by atoms with Gasteiger partial charge < -0.3 is 9.73 Å². The molecule has 0 bridgehead atoms. The summed E-state index contributed by atoms with van der Waals surface area (Å²) in [6.07, 6.45) is 0.647. The van der Waals surface area contributed by atoms with Crippen LogP contribution >= 0.6 is 11.6 Å². The van der Waals surface area contributed by atoms with Crippen LogP contribution in [-0.2, 0) is 6.42 Å². The fourth-order valence-electron chi connectivity index (χ4n) is 2.10. The SMILES string of the molecule is O=C(NCCc1ccc(Cl)cc1)c1nnc(-c2cccc(F)c2)o1. The molecule has 0 atom stereocenters. The first-order valence-electron chi connectivity index (χ1n) is 7.24. The summed E-state index contributed by atoms with van der Waals surface area (Å²) in [5, 5.41) is 10.8. The molecular weight excluding hydrogens is 333 g/mol. The number of amides is 1. The van der Waals surface area contributed by atoms with E-state index in [1.54, 1.807) is 18.2 Å². The van der Waals surface area contributed by atoms with Gasteiger partial charge in [-0.05, 0) is 42.3 Å². The third kappa shape index (κ3) is 3.97. The molecular formula is C17H13ClFN3O2. The van der Waals surface area contributed by atoms with Crippen LogP contribution in [0.1, 0.15) is 16.2 Å². The zero-order chi connectivity index (χ0) is 16.9. The van der Waals surface area contributed by atoms with Crippen molar-refractivity contribution in [1.82, 2.24) is 15.5 Å². The molecule has 1 heterocycles. The van der Waals surface area contributed by atoms with Crippen LogP contribution in [0.2, 0.25) is 5.02 Å². The zero-order valence-corrected chi connectivity index (χ0v) is 13.3. The molecule has 3 aromatic rings. The normalized spacial score (nSPS) is 10.6. The van der Waals surface area contributed by atoms with Crippen LogP contribution in [0.25, 0.3) is 11.5 Å². The molecule has 3 rings (SSSR count). The Labute approximate surface area is 142 Å². The van der Waals surface area contributed by atoms with Crippen LogP contribution < -0.4 is 5.32 Å². The average Bonchev–Trinajstić information content (AvgIpc) is 3.07. The lowest BCUT2D eigenvalue weighted by atomic mass is 10.1. The third-order valence-corrected chi connectivity index (χ3v) is 3.56. The van der Waals surface area contributed by atoms with Crippen molar-refractivity contribution in [3.8, 4) is 11.5 Å². The molecule has 24 heavy (non-hydrogen) atoms. The topological polar surface area (TPSA) is 68.0 Å². The van der Waals surface area contributed by atoms with Gasteiger partial charge in [-0.15, -0.1) is 10.2 Å². The number of rotatable bonds is 5. The van der Waals surface area contributed by atoms with E-state index in [4.69, 9.17) is 16.0 Å². The van der Waals surface area contributed by atoms with Gasteiger partial charge in [0.15, 0.2) is 0 Å². The lowest BCUT2D eigenvalue weighted by Gasteiger charge is -2.03. The average molecular weight is 346 g/mol. The quantitative estimate of drug-likeness (QED) is 0.768. The van der Waals surface area contributed by atoms with Crippen LogP contribution in [-0.4, -0.2) is 22.6 Å². The molecule has 0 radical (unpaired) electrons. The van der Waals surface area contributed by atoms with E-state index in [1.807, 2.05) is 12.1 Å². The van der Waals surface area contributed by atoms with Crippen molar-refractivity contribution in [3.63, 3.8) is 0 Å². The van der Waals surface area contributed by atoms with E-state index in [1.165, 1.54) is 18.2 Å². The van der Waals surface area contributed by atoms with E-state index in [-0.39, 0.29) is 11.8 Å². The van der Waals surface area contributed by atoms with E-state index in [0.717, 1.165) is 5.56 Å². The number of benzene rings is 2. The van der Waals surface area contributed by atoms with Gasteiger partial charge in [-0.2, -0.15) is 0 Å². The zero-order valence-electron chi connectivity index (χ0n) is 12.5. The molecule has 0 spiro atoms. The highest BCUT2D eigenvalue weighted by atomic mass is 35.5. The van der Waals surface area contributed by atoms with E-state index < -0.39 is 11.7 Å². The van der Waals surface area contributed by atoms with Gasteiger partial charge in [0.25, 0.3) is 0 Å². The Morgan fingerprint density at radius 3 is 2.71 bits per heavy atom. The maximum absolute atomic E-state index is 13.2. The predicted octanol–water partition coefficient (Wildman–Crippen LogP) is 3.50. The summed E-state index contributed by atoms with van der Waals surface area (Å²) >= 11 is 5.82. The van der Waals surface area contributed by atoms with E-state index in [2.05, 4.69) is 15.5 Å². The van der Waals surface area contributed by atoms with Crippen LogP contribution in [0.4, 0.5) is 4.39 Å². The Hall–Kier alpha value is -2.73. The number of halogens is 2. The molecule has 0 aliphatic heterocycles. The van der Waals surface area contributed by atoms with Gasteiger partial charge in [0.2, 0.25) is 5.89 Å². The molecule has 0 saturated carbocycles. The highest BCUT2D eigenvalue weighted by Gasteiger charge is 2.15. The van der Waals surface area contributed by atoms with Crippen molar-refractivity contribution in [2.75, 3.05) is 6.54 Å². The number of carbonyl (C=O) groups is 1. The Balaban J connectivity index is 1.58. The van der Waals surface area contributed by atoms with Crippen molar-refractivity contribution < 1.29 is 13.6 Å². The molecule has 7 heteroatoms. The summed E-state index contributed by atoms with van der Waals surface area (Å²) in [4.78, 5) is 12.0. The lowest BCUT2D eigenvalue weighted by Crippen LogP contribution is -2.26. The Kier molecular flexibility index (Phi) is 4.86. The number of nitrogens with one attached hydrogen (secondary N) is 1. The smallest absolute Gasteiger partial charge is 0.308 e. The second-order valence-corrected chi connectivity index (χ2v) is 5.49. The lowest BCUT2D eigenvalue weighted by molar-refractivity contribution is 0.0920. The maximum Gasteiger partial charge on any atom is 0.308 e. The molecule has 122 valence electrons. The fraction of sp³-hybridized carbons (Fsp3) is 0.118. The Bertz CT molecular complexity index is 849. The minimum atomic E-state index is -0.473. The summed E-state index contributed by atoms with van der Waals surface area (Å²) in [5.41, 5.74) is 1.47. The number of hydrogen-bond acceptors (Lipinski definition) is 4. The molecule has 1 amide bonds. The first-order valence-corrected chi connectivity index (χ1v) is 7.62. The fourth-order valence-corrected chi connectivity index (χ4v) is 2.23. The van der Waals surface area contributed by atoms with Crippen molar-refractivity contribution >= 4 is 17.5 Å². The van der Waals surface area contributed by atoms with E-state index in [9.17, 15) is 9.18 Å². The number of nitrogens with zero attached hydrogens (tertiary/aromatic N) is 2. The van der Waals surface area contributed by atoms with Crippen molar-refractivity contribution in [2.24, 2.45) is 0 Å².